The van der Waals surface area contributed by atoms with Crippen molar-refractivity contribution in [3.05, 3.63) is 34.9 Å². The number of hydrogen-bond donors (Lipinski definition) is 2. The molecule has 0 amide bonds. The number of benzene rings is 1. The summed E-state index contributed by atoms with van der Waals surface area (Å²) >= 11 is 0. The van der Waals surface area contributed by atoms with Crippen molar-refractivity contribution in [3.63, 3.8) is 0 Å². The fourth-order valence-electron chi connectivity index (χ4n) is 3.36. The summed E-state index contributed by atoms with van der Waals surface area (Å²) in [5, 5.41) is 0. The summed E-state index contributed by atoms with van der Waals surface area (Å²) < 4.78 is 5.51. The van der Waals surface area contributed by atoms with E-state index in [1.54, 1.807) is 0 Å². The van der Waals surface area contributed by atoms with E-state index >= 15 is 0 Å². The molecule has 1 heterocycles. The second-order valence-electron chi connectivity index (χ2n) is 6.27. The highest BCUT2D eigenvalue weighted by Gasteiger charge is 2.39. The molecule has 1 aliphatic rings. The normalized spacial score (nSPS) is 21.0. The lowest BCUT2D eigenvalue weighted by Gasteiger charge is -2.48. The quantitative estimate of drug-likeness (QED) is 0.646. The first-order valence-electron chi connectivity index (χ1n) is 7.89. The number of hydrogen-bond acceptors (Lipinski definition) is 4. The molecule has 21 heavy (non-hydrogen) atoms. The number of ether oxygens (including phenoxy) is 1. The Bertz CT molecular complexity index is 471. The number of rotatable bonds is 5. The molecule has 0 bridgehead atoms. The number of nitrogens with zero attached hydrogens (tertiary/aromatic N) is 1. The van der Waals surface area contributed by atoms with Gasteiger partial charge in [-0.05, 0) is 38.3 Å². The molecule has 0 spiro atoms. The third kappa shape index (κ3) is 3.29. The zero-order valence-corrected chi connectivity index (χ0v) is 13.8. The van der Waals surface area contributed by atoms with Crippen LogP contribution in [0.3, 0.4) is 0 Å². The number of nitrogens with one attached hydrogen (secondary N) is 1. The van der Waals surface area contributed by atoms with Crippen LogP contribution < -0.4 is 11.3 Å². The lowest BCUT2D eigenvalue weighted by Crippen LogP contribution is -2.58. The van der Waals surface area contributed by atoms with Gasteiger partial charge in [0, 0.05) is 18.6 Å². The average Bonchev–Trinajstić information content (AvgIpc) is 2.52. The van der Waals surface area contributed by atoms with Crippen LogP contribution in [0.15, 0.2) is 18.2 Å². The van der Waals surface area contributed by atoms with Crippen molar-refractivity contribution in [1.82, 2.24) is 10.3 Å². The molecular formula is C17H29N3O. The fourth-order valence-corrected chi connectivity index (χ4v) is 3.36. The van der Waals surface area contributed by atoms with Gasteiger partial charge in [-0.1, -0.05) is 30.7 Å². The van der Waals surface area contributed by atoms with Gasteiger partial charge in [0.15, 0.2) is 0 Å². The largest absolute Gasteiger partial charge is 0.379 e. The second kappa shape index (κ2) is 6.88. The van der Waals surface area contributed by atoms with E-state index in [-0.39, 0.29) is 11.6 Å². The van der Waals surface area contributed by atoms with Crippen molar-refractivity contribution in [2.75, 3.05) is 26.3 Å². The molecular weight excluding hydrogens is 262 g/mol. The zero-order chi connectivity index (χ0) is 15.5. The molecule has 4 heteroatoms. The Hall–Kier alpha value is -0.940. The number of hydrazine groups is 1. The van der Waals surface area contributed by atoms with E-state index in [1.807, 2.05) is 0 Å². The summed E-state index contributed by atoms with van der Waals surface area (Å²) in [6.07, 6.45) is 1.04. The number of aryl methyl sites for hydroxylation is 2. The van der Waals surface area contributed by atoms with Crippen LogP contribution in [0.2, 0.25) is 0 Å². The first-order valence-corrected chi connectivity index (χ1v) is 7.89. The smallest absolute Gasteiger partial charge is 0.0643 e. The Morgan fingerprint density at radius 1 is 1.33 bits per heavy atom. The Morgan fingerprint density at radius 2 is 2.00 bits per heavy atom. The molecule has 2 unspecified atom stereocenters. The summed E-state index contributed by atoms with van der Waals surface area (Å²) in [6, 6.07) is 6.71. The van der Waals surface area contributed by atoms with Gasteiger partial charge in [-0.2, -0.15) is 0 Å². The van der Waals surface area contributed by atoms with Crippen LogP contribution in [0.4, 0.5) is 0 Å². The van der Waals surface area contributed by atoms with Crippen LogP contribution in [-0.4, -0.2) is 36.7 Å². The third-order valence-corrected chi connectivity index (χ3v) is 4.98. The molecule has 1 aromatic rings. The van der Waals surface area contributed by atoms with Crippen LogP contribution in [0.1, 0.15) is 43.0 Å². The van der Waals surface area contributed by atoms with Crippen LogP contribution in [0, 0.1) is 13.8 Å². The molecule has 0 saturated carbocycles. The predicted molar refractivity (Wildman–Crippen MR) is 87.1 cm³/mol. The maximum Gasteiger partial charge on any atom is 0.0643 e. The van der Waals surface area contributed by atoms with E-state index in [2.05, 4.69) is 56.2 Å². The van der Waals surface area contributed by atoms with Gasteiger partial charge >= 0.3 is 0 Å². The van der Waals surface area contributed by atoms with E-state index in [0.717, 1.165) is 32.7 Å². The SMILES string of the molecule is CCC(C)(C(NN)c1cc(C)ccc1C)N1CCOCC1. The van der Waals surface area contributed by atoms with E-state index in [1.165, 1.54) is 16.7 Å². The Labute approximate surface area is 128 Å². The van der Waals surface area contributed by atoms with Gasteiger partial charge in [0.1, 0.15) is 0 Å². The van der Waals surface area contributed by atoms with Crippen molar-refractivity contribution in [2.24, 2.45) is 5.84 Å². The van der Waals surface area contributed by atoms with Crippen molar-refractivity contribution in [1.29, 1.82) is 0 Å². The van der Waals surface area contributed by atoms with Crippen LogP contribution in [0.5, 0.6) is 0 Å². The highest BCUT2D eigenvalue weighted by molar-refractivity contribution is 5.35. The van der Waals surface area contributed by atoms with Gasteiger partial charge in [-0.3, -0.25) is 16.2 Å². The molecule has 0 aromatic heterocycles. The molecule has 3 N–H and O–H groups in total. The van der Waals surface area contributed by atoms with Gasteiger partial charge in [0.2, 0.25) is 0 Å². The topological polar surface area (TPSA) is 50.5 Å². The van der Waals surface area contributed by atoms with Gasteiger partial charge in [0.05, 0.1) is 19.3 Å². The lowest BCUT2D eigenvalue weighted by atomic mass is 9.81. The minimum absolute atomic E-state index is 0.0168. The molecule has 1 aliphatic heterocycles. The van der Waals surface area contributed by atoms with Crippen LogP contribution in [0.25, 0.3) is 0 Å². The Balaban J connectivity index is 2.38. The summed E-state index contributed by atoms with van der Waals surface area (Å²) in [6.45, 7) is 12.4. The van der Waals surface area contributed by atoms with Crippen LogP contribution >= 0.6 is 0 Å². The standard InChI is InChI=1S/C17H29N3O/c1-5-17(4,20-8-10-21-11-9-20)16(19-18)15-12-13(2)6-7-14(15)3/h6-7,12,16,19H,5,8-11,18H2,1-4H3. The number of nitrogens with two attached hydrogens (primary N) is 1. The molecule has 4 nitrogen and oxygen atoms in total. The van der Waals surface area contributed by atoms with E-state index < -0.39 is 0 Å². The van der Waals surface area contributed by atoms with Gasteiger partial charge in [0.25, 0.3) is 0 Å². The van der Waals surface area contributed by atoms with Crippen LogP contribution in [-0.2, 0) is 4.74 Å². The van der Waals surface area contributed by atoms with Gasteiger partial charge in [-0.25, -0.2) is 0 Å². The molecule has 0 aliphatic carbocycles. The lowest BCUT2D eigenvalue weighted by molar-refractivity contribution is -0.0330. The Morgan fingerprint density at radius 3 is 2.57 bits per heavy atom. The molecule has 1 fully saturated rings. The molecule has 1 saturated heterocycles. The van der Waals surface area contributed by atoms with Gasteiger partial charge < -0.3 is 4.74 Å². The first-order chi connectivity index (χ1) is 10.0. The van der Waals surface area contributed by atoms with E-state index in [4.69, 9.17) is 10.6 Å². The van der Waals surface area contributed by atoms with Crippen molar-refractivity contribution < 1.29 is 4.74 Å². The summed E-state index contributed by atoms with van der Waals surface area (Å²) in [7, 11) is 0. The maximum atomic E-state index is 5.98. The third-order valence-electron chi connectivity index (χ3n) is 4.98. The summed E-state index contributed by atoms with van der Waals surface area (Å²) in [5.74, 6) is 5.98. The second-order valence-corrected chi connectivity index (χ2v) is 6.27. The van der Waals surface area contributed by atoms with Crippen molar-refractivity contribution in [2.45, 2.75) is 45.7 Å². The summed E-state index contributed by atoms with van der Waals surface area (Å²) in [5.41, 5.74) is 6.94. The van der Waals surface area contributed by atoms with Crippen molar-refractivity contribution in [3.8, 4) is 0 Å². The van der Waals surface area contributed by atoms with E-state index in [9.17, 15) is 0 Å². The summed E-state index contributed by atoms with van der Waals surface area (Å²) in [4.78, 5) is 2.52. The highest BCUT2D eigenvalue weighted by Crippen LogP contribution is 2.36. The predicted octanol–water partition coefficient (Wildman–Crippen LogP) is 2.31. The zero-order valence-electron chi connectivity index (χ0n) is 13.8. The molecule has 0 radical (unpaired) electrons. The molecule has 2 rings (SSSR count). The van der Waals surface area contributed by atoms with E-state index in [0.29, 0.717) is 0 Å². The minimum atomic E-state index is -0.0168. The average molecular weight is 291 g/mol. The molecule has 2 atom stereocenters. The number of morpholine rings is 1. The van der Waals surface area contributed by atoms with Gasteiger partial charge in [-0.15, -0.1) is 0 Å². The Kier molecular flexibility index (Phi) is 5.38. The van der Waals surface area contributed by atoms with Crippen molar-refractivity contribution >= 4 is 0 Å². The first kappa shape index (κ1) is 16.4. The monoisotopic (exact) mass is 291 g/mol. The maximum absolute atomic E-state index is 5.98. The highest BCUT2D eigenvalue weighted by atomic mass is 16.5. The molecule has 118 valence electrons. The minimum Gasteiger partial charge on any atom is -0.379 e. The fraction of sp³-hybridized carbons (Fsp3) is 0.647. The molecule has 1 aromatic carbocycles.